The van der Waals surface area contributed by atoms with Gasteiger partial charge in [0.1, 0.15) is 11.9 Å². The predicted molar refractivity (Wildman–Crippen MR) is 67.2 cm³/mol. The molecule has 1 saturated carbocycles. The van der Waals surface area contributed by atoms with Gasteiger partial charge in [-0.05, 0) is 18.8 Å². The summed E-state index contributed by atoms with van der Waals surface area (Å²) < 4.78 is 21.4. The summed E-state index contributed by atoms with van der Waals surface area (Å²) in [5, 5.41) is 0. The quantitative estimate of drug-likeness (QED) is 0.630. The topological polar surface area (TPSA) is 52.6 Å². The summed E-state index contributed by atoms with van der Waals surface area (Å²) in [7, 11) is -0.517. The number of hydrogen-bond acceptors (Lipinski definition) is 4. The van der Waals surface area contributed by atoms with Crippen LogP contribution in [-0.4, -0.2) is 26.2 Å². The van der Waals surface area contributed by atoms with Gasteiger partial charge in [-0.15, -0.1) is 0 Å². The molecule has 1 fully saturated rings. The molecule has 0 spiro atoms. The maximum atomic E-state index is 11.8. The van der Waals surface area contributed by atoms with Crippen molar-refractivity contribution >= 4 is 13.4 Å². The summed E-state index contributed by atoms with van der Waals surface area (Å²) in [6.07, 6.45) is 5.48. The zero-order valence-electron chi connectivity index (χ0n) is 11.0. The van der Waals surface area contributed by atoms with Crippen molar-refractivity contribution in [1.82, 2.24) is 0 Å². The third-order valence-corrected chi connectivity index (χ3v) is 5.37. The molecule has 0 amide bonds. The summed E-state index contributed by atoms with van der Waals surface area (Å²) in [4.78, 5) is 11.8. The summed E-state index contributed by atoms with van der Waals surface area (Å²) >= 11 is 0. The largest absolute Gasteiger partial charge is 0.337 e. The van der Waals surface area contributed by atoms with E-state index in [1.807, 2.05) is 0 Å². The van der Waals surface area contributed by atoms with Crippen molar-refractivity contribution in [2.24, 2.45) is 11.8 Å². The molecule has 0 unspecified atom stereocenters. The van der Waals surface area contributed by atoms with Crippen LogP contribution in [0, 0.1) is 11.8 Å². The monoisotopic (exact) mass is 262 g/mol. The molecule has 0 saturated heterocycles. The molecule has 0 aromatic heterocycles. The zero-order chi connectivity index (χ0) is 12.9. The van der Waals surface area contributed by atoms with E-state index < -0.39 is 7.60 Å². The van der Waals surface area contributed by atoms with E-state index >= 15 is 0 Å². The van der Waals surface area contributed by atoms with Crippen molar-refractivity contribution in [1.29, 1.82) is 0 Å². The van der Waals surface area contributed by atoms with E-state index in [-0.39, 0.29) is 17.9 Å². The van der Waals surface area contributed by atoms with Gasteiger partial charge in [-0.25, -0.2) is 0 Å². The molecule has 5 heteroatoms. The van der Waals surface area contributed by atoms with Crippen LogP contribution in [0.15, 0.2) is 0 Å². The average molecular weight is 262 g/mol. The Morgan fingerprint density at radius 1 is 1.29 bits per heavy atom. The minimum absolute atomic E-state index is 0.0322. The van der Waals surface area contributed by atoms with Crippen LogP contribution in [0.4, 0.5) is 0 Å². The van der Waals surface area contributed by atoms with E-state index in [1.54, 1.807) is 0 Å². The Balaban J connectivity index is 2.30. The fourth-order valence-corrected chi connectivity index (χ4v) is 3.30. The smallest absolute Gasteiger partial charge is 0.312 e. The molecule has 0 aromatic carbocycles. The Kier molecular flexibility index (Phi) is 5.84. The Bertz CT molecular complexity index is 289. The Morgan fingerprint density at radius 2 is 1.88 bits per heavy atom. The van der Waals surface area contributed by atoms with Gasteiger partial charge in [-0.2, -0.15) is 0 Å². The number of Topliss-reactive ketones (excluding diaryl/α,β-unsaturated/α-hetero) is 1. The molecule has 17 heavy (non-hydrogen) atoms. The van der Waals surface area contributed by atoms with Gasteiger partial charge in [0, 0.05) is 20.1 Å². The highest BCUT2D eigenvalue weighted by molar-refractivity contribution is 7.54. The van der Waals surface area contributed by atoms with Gasteiger partial charge >= 0.3 is 7.60 Å². The summed E-state index contributed by atoms with van der Waals surface area (Å²) in [5.41, 5.74) is 0. The predicted octanol–water partition coefficient (Wildman–Crippen LogP) is 3.26. The molecule has 1 aliphatic rings. The third kappa shape index (κ3) is 4.20. The Labute approximate surface area is 104 Å². The normalized spacial score (nSPS) is 24.4. The number of hydrogen-bond donors (Lipinski definition) is 0. The van der Waals surface area contributed by atoms with Crippen LogP contribution in [0.5, 0.6) is 0 Å². The van der Waals surface area contributed by atoms with Gasteiger partial charge in [0.25, 0.3) is 0 Å². The van der Waals surface area contributed by atoms with Crippen LogP contribution < -0.4 is 0 Å². The molecule has 0 bridgehead atoms. The molecule has 1 aliphatic carbocycles. The minimum atomic E-state index is -3.16. The van der Waals surface area contributed by atoms with E-state index in [0.717, 1.165) is 12.8 Å². The van der Waals surface area contributed by atoms with Gasteiger partial charge in [0.15, 0.2) is 0 Å². The fourth-order valence-electron chi connectivity index (χ4n) is 2.25. The van der Waals surface area contributed by atoms with E-state index in [2.05, 4.69) is 6.92 Å². The van der Waals surface area contributed by atoms with E-state index in [1.165, 1.54) is 33.5 Å². The van der Waals surface area contributed by atoms with Crippen molar-refractivity contribution in [3.63, 3.8) is 0 Å². The molecular weight excluding hydrogens is 239 g/mol. The maximum absolute atomic E-state index is 11.8. The van der Waals surface area contributed by atoms with Crippen molar-refractivity contribution in [2.75, 3.05) is 20.4 Å². The Morgan fingerprint density at radius 3 is 2.35 bits per heavy atom. The molecule has 4 nitrogen and oxygen atoms in total. The van der Waals surface area contributed by atoms with E-state index in [9.17, 15) is 9.36 Å². The molecule has 100 valence electrons. The van der Waals surface area contributed by atoms with Crippen LogP contribution in [-0.2, 0) is 18.4 Å². The molecule has 0 radical (unpaired) electrons. The standard InChI is InChI=1S/C12H23O4P/c1-4-5-6-10-7-11(8-10)12(13)9-17(14,15-2)16-3/h10-11H,4-9H2,1-3H3. The molecule has 0 aliphatic heterocycles. The second-order valence-corrected chi connectivity index (χ2v) is 7.05. The second-order valence-electron chi connectivity index (χ2n) is 4.78. The lowest BCUT2D eigenvalue weighted by atomic mass is 9.71. The van der Waals surface area contributed by atoms with Crippen LogP contribution >= 0.6 is 7.60 Å². The molecule has 0 aromatic rings. The van der Waals surface area contributed by atoms with Gasteiger partial charge in [-0.1, -0.05) is 26.2 Å². The van der Waals surface area contributed by atoms with Crippen LogP contribution in [0.2, 0.25) is 0 Å². The SMILES string of the molecule is CCCCC1CC(C(=O)CP(=O)(OC)OC)C1. The lowest BCUT2D eigenvalue weighted by Crippen LogP contribution is -2.32. The minimum Gasteiger partial charge on any atom is -0.312 e. The summed E-state index contributed by atoms with van der Waals surface area (Å²) in [5.74, 6) is 0.800. The molecule has 1 rings (SSSR count). The van der Waals surface area contributed by atoms with Crippen LogP contribution in [0.25, 0.3) is 0 Å². The van der Waals surface area contributed by atoms with Crippen molar-refractivity contribution < 1.29 is 18.4 Å². The molecular formula is C12H23O4P. The second kappa shape index (κ2) is 6.67. The Hall–Kier alpha value is -0.180. The summed E-state index contributed by atoms with van der Waals surface area (Å²) in [6.45, 7) is 2.18. The van der Waals surface area contributed by atoms with Crippen molar-refractivity contribution in [3.8, 4) is 0 Å². The number of rotatable bonds is 8. The first kappa shape index (κ1) is 14.9. The molecule has 0 N–H and O–H groups in total. The maximum Gasteiger partial charge on any atom is 0.337 e. The van der Waals surface area contributed by atoms with Gasteiger partial charge < -0.3 is 9.05 Å². The van der Waals surface area contributed by atoms with Crippen LogP contribution in [0.1, 0.15) is 39.0 Å². The van der Waals surface area contributed by atoms with Gasteiger partial charge in [-0.3, -0.25) is 9.36 Å². The van der Waals surface area contributed by atoms with Crippen LogP contribution in [0.3, 0.4) is 0 Å². The lowest BCUT2D eigenvalue weighted by molar-refractivity contribution is -0.124. The highest BCUT2D eigenvalue weighted by Gasteiger charge is 2.37. The van der Waals surface area contributed by atoms with Crippen molar-refractivity contribution in [3.05, 3.63) is 0 Å². The molecule has 0 heterocycles. The fraction of sp³-hybridized carbons (Fsp3) is 0.917. The zero-order valence-corrected chi connectivity index (χ0v) is 11.9. The first-order valence-corrected chi connectivity index (χ1v) is 8.00. The summed E-state index contributed by atoms with van der Waals surface area (Å²) in [6, 6.07) is 0. The van der Waals surface area contributed by atoms with E-state index in [0.29, 0.717) is 5.92 Å². The highest BCUT2D eigenvalue weighted by Crippen LogP contribution is 2.48. The highest BCUT2D eigenvalue weighted by atomic mass is 31.2. The lowest BCUT2D eigenvalue weighted by Gasteiger charge is -2.34. The molecule has 0 atom stereocenters. The first-order chi connectivity index (χ1) is 8.04. The number of carbonyl (C=O) groups is 1. The number of carbonyl (C=O) groups excluding carboxylic acids is 1. The van der Waals surface area contributed by atoms with E-state index in [4.69, 9.17) is 9.05 Å². The number of ketones is 1. The average Bonchev–Trinajstić information content (AvgIpc) is 2.27. The van der Waals surface area contributed by atoms with Crippen molar-refractivity contribution in [2.45, 2.75) is 39.0 Å². The third-order valence-electron chi connectivity index (χ3n) is 3.56. The van der Waals surface area contributed by atoms with Gasteiger partial charge in [0.05, 0.1) is 0 Å². The first-order valence-electron chi connectivity index (χ1n) is 6.28. The number of unbranched alkanes of at least 4 members (excludes halogenated alkanes) is 1. The van der Waals surface area contributed by atoms with Gasteiger partial charge in [0.2, 0.25) is 0 Å².